The third-order valence-corrected chi connectivity index (χ3v) is 7.36. The average molecular weight is 483 g/mol. The summed E-state index contributed by atoms with van der Waals surface area (Å²) in [7, 11) is 0. The van der Waals surface area contributed by atoms with Crippen molar-refractivity contribution >= 4 is 35.0 Å². The lowest BCUT2D eigenvalue weighted by Gasteiger charge is -2.38. The van der Waals surface area contributed by atoms with Gasteiger partial charge in [0.2, 0.25) is 0 Å². The van der Waals surface area contributed by atoms with Crippen LogP contribution in [0.5, 0.6) is 5.75 Å². The van der Waals surface area contributed by atoms with Gasteiger partial charge in [-0.25, -0.2) is 4.79 Å². The number of hydrogen-bond acceptors (Lipinski definition) is 5. The van der Waals surface area contributed by atoms with Crippen molar-refractivity contribution in [1.82, 2.24) is 10.2 Å². The van der Waals surface area contributed by atoms with Gasteiger partial charge in [-0.05, 0) is 49.1 Å². The number of carbonyl (C=O) groups is 3. The molecule has 2 aliphatic heterocycles. The van der Waals surface area contributed by atoms with E-state index in [0.29, 0.717) is 55.4 Å². The number of halogens is 1. The summed E-state index contributed by atoms with van der Waals surface area (Å²) in [6.45, 7) is 2.28. The van der Waals surface area contributed by atoms with Gasteiger partial charge in [0.15, 0.2) is 5.78 Å². The number of nitrogens with two attached hydrogens (primary N) is 1. The van der Waals surface area contributed by atoms with Gasteiger partial charge in [0.05, 0.1) is 12.6 Å². The van der Waals surface area contributed by atoms with Gasteiger partial charge in [0, 0.05) is 53.3 Å². The first-order valence-electron chi connectivity index (χ1n) is 11.5. The number of nitrogens with zero attached hydrogens (tertiary/aromatic N) is 1. The molecular weight excluding hydrogens is 456 g/mol. The second kappa shape index (κ2) is 8.92. The SMILES string of the molecule is NCc1ccc2c(c1)C1(CCN(C(=O)c3cc(Cl)cc(NC(=O)NC4CCC4=O)c3)CC1)CO2. The lowest BCUT2D eigenvalue weighted by molar-refractivity contribution is -0.126. The molecule has 1 saturated heterocycles. The molecule has 2 aromatic rings. The fourth-order valence-corrected chi connectivity index (χ4v) is 5.18. The van der Waals surface area contributed by atoms with E-state index in [-0.39, 0.29) is 17.1 Å². The number of ketones is 1. The van der Waals surface area contributed by atoms with Gasteiger partial charge >= 0.3 is 6.03 Å². The number of anilines is 1. The summed E-state index contributed by atoms with van der Waals surface area (Å²) in [6.07, 6.45) is 2.72. The van der Waals surface area contributed by atoms with Gasteiger partial charge in [-0.2, -0.15) is 0 Å². The second-order valence-electron chi connectivity index (χ2n) is 9.28. The van der Waals surface area contributed by atoms with Crippen LogP contribution in [0.25, 0.3) is 0 Å². The van der Waals surface area contributed by atoms with E-state index >= 15 is 0 Å². The molecule has 9 heteroatoms. The Labute approximate surface area is 202 Å². The number of Topliss-reactive ketones (excluding diaryl/α,β-unsaturated/α-hetero) is 1. The van der Waals surface area contributed by atoms with Gasteiger partial charge in [0.25, 0.3) is 5.91 Å². The van der Waals surface area contributed by atoms with Crippen LogP contribution in [-0.2, 0) is 16.8 Å². The predicted molar refractivity (Wildman–Crippen MR) is 128 cm³/mol. The van der Waals surface area contributed by atoms with Crippen molar-refractivity contribution in [3.8, 4) is 5.75 Å². The summed E-state index contributed by atoms with van der Waals surface area (Å²) in [4.78, 5) is 38.7. The van der Waals surface area contributed by atoms with Gasteiger partial charge < -0.3 is 26.0 Å². The quantitative estimate of drug-likeness (QED) is 0.619. The minimum Gasteiger partial charge on any atom is -0.492 e. The van der Waals surface area contributed by atoms with Crippen LogP contribution in [0.4, 0.5) is 10.5 Å². The number of carbonyl (C=O) groups excluding carboxylic acids is 3. The highest BCUT2D eigenvalue weighted by atomic mass is 35.5. The fourth-order valence-electron chi connectivity index (χ4n) is 4.94. The minimum atomic E-state index is -0.490. The Hall–Kier alpha value is -3.10. The normalized spacial score (nSPS) is 20.4. The zero-order chi connectivity index (χ0) is 23.9. The van der Waals surface area contributed by atoms with E-state index in [9.17, 15) is 14.4 Å². The standard InChI is InChI=1S/C25H27ClN4O4/c26-17-10-16(11-18(12-17)28-24(33)29-20-2-3-21(20)31)23(32)30-7-5-25(6-8-30)14-34-22-4-1-15(13-27)9-19(22)25/h1,4,9-12,20H,2-3,5-8,13-14,27H2,(H2,28,29,33). The van der Waals surface area contributed by atoms with Gasteiger partial charge in [-0.1, -0.05) is 23.7 Å². The Morgan fingerprint density at radius 3 is 2.65 bits per heavy atom. The number of hydrogen-bond donors (Lipinski definition) is 3. The highest BCUT2D eigenvalue weighted by Crippen LogP contribution is 2.46. The van der Waals surface area contributed by atoms with E-state index < -0.39 is 12.1 Å². The third kappa shape index (κ3) is 4.23. The first-order valence-corrected chi connectivity index (χ1v) is 11.9. The lowest BCUT2D eigenvalue weighted by atomic mass is 9.74. The Morgan fingerprint density at radius 2 is 1.97 bits per heavy atom. The molecule has 1 saturated carbocycles. The molecule has 2 heterocycles. The van der Waals surface area contributed by atoms with Crippen molar-refractivity contribution < 1.29 is 19.1 Å². The van der Waals surface area contributed by atoms with E-state index in [1.807, 2.05) is 17.0 Å². The molecule has 0 bridgehead atoms. The number of benzene rings is 2. The molecule has 5 rings (SSSR count). The molecule has 2 fully saturated rings. The van der Waals surface area contributed by atoms with Crippen molar-refractivity contribution in [2.75, 3.05) is 25.0 Å². The topological polar surface area (TPSA) is 114 Å². The summed E-state index contributed by atoms with van der Waals surface area (Å²) in [6, 6.07) is 9.98. The average Bonchev–Trinajstić information content (AvgIpc) is 3.18. The van der Waals surface area contributed by atoms with Crippen molar-refractivity contribution in [2.24, 2.45) is 5.73 Å². The molecule has 8 nitrogen and oxygen atoms in total. The minimum absolute atomic E-state index is 0.0227. The van der Waals surface area contributed by atoms with Crippen LogP contribution < -0.4 is 21.1 Å². The van der Waals surface area contributed by atoms with Crippen LogP contribution in [0, 0.1) is 0 Å². The first kappa shape index (κ1) is 22.7. The first-order chi connectivity index (χ1) is 16.4. The number of fused-ring (bicyclic) bond motifs is 2. The van der Waals surface area contributed by atoms with Crippen LogP contribution in [0.3, 0.4) is 0 Å². The number of likely N-dealkylation sites (tertiary alicyclic amines) is 1. The molecule has 1 unspecified atom stereocenters. The molecule has 1 aliphatic carbocycles. The highest BCUT2D eigenvalue weighted by Gasteiger charge is 2.44. The molecule has 3 amide bonds. The van der Waals surface area contributed by atoms with Crippen LogP contribution in [-0.4, -0.2) is 48.4 Å². The zero-order valence-electron chi connectivity index (χ0n) is 18.7. The van der Waals surface area contributed by atoms with Gasteiger partial charge in [0.1, 0.15) is 5.75 Å². The fraction of sp³-hybridized carbons (Fsp3) is 0.400. The number of amides is 3. The molecule has 1 spiro atoms. The summed E-state index contributed by atoms with van der Waals surface area (Å²) in [5, 5.41) is 5.66. The van der Waals surface area contributed by atoms with Gasteiger partial charge in [-0.15, -0.1) is 0 Å². The maximum atomic E-state index is 13.3. The third-order valence-electron chi connectivity index (χ3n) is 7.14. The largest absolute Gasteiger partial charge is 0.492 e. The maximum absolute atomic E-state index is 13.3. The van der Waals surface area contributed by atoms with E-state index in [2.05, 4.69) is 16.7 Å². The maximum Gasteiger partial charge on any atom is 0.319 e. The molecule has 3 aliphatic rings. The van der Waals surface area contributed by atoms with Crippen LogP contribution in [0.15, 0.2) is 36.4 Å². The van der Waals surface area contributed by atoms with Gasteiger partial charge in [-0.3, -0.25) is 9.59 Å². The van der Waals surface area contributed by atoms with Crippen LogP contribution >= 0.6 is 11.6 Å². The number of piperidine rings is 1. The highest BCUT2D eigenvalue weighted by molar-refractivity contribution is 6.31. The Balaban J connectivity index is 1.26. The molecule has 4 N–H and O–H groups in total. The van der Waals surface area contributed by atoms with E-state index in [1.54, 1.807) is 18.2 Å². The molecule has 1 atom stereocenters. The summed E-state index contributed by atoms with van der Waals surface area (Å²) < 4.78 is 5.96. The Morgan fingerprint density at radius 1 is 1.18 bits per heavy atom. The van der Waals surface area contributed by atoms with Crippen molar-refractivity contribution in [2.45, 2.75) is 43.7 Å². The summed E-state index contributed by atoms with van der Waals surface area (Å²) in [5.41, 5.74) is 8.81. The molecule has 34 heavy (non-hydrogen) atoms. The van der Waals surface area contributed by atoms with E-state index in [1.165, 1.54) is 5.56 Å². The molecule has 178 valence electrons. The summed E-state index contributed by atoms with van der Waals surface area (Å²) in [5.74, 6) is 0.795. The lowest BCUT2D eigenvalue weighted by Crippen LogP contribution is -2.48. The second-order valence-corrected chi connectivity index (χ2v) is 9.72. The Bertz CT molecular complexity index is 1160. The van der Waals surface area contributed by atoms with Crippen LogP contribution in [0.2, 0.25) is 5.02 Å². The molecular formula is C25H27ClN4O4. The monoisotopic (exact) mass is 482 g/mol. The van der Waals surface area contributed by atoms with E-state index in [0.717, 1.165) is 24.2 Å². The smallest absolute Gasteiger partial charge is 0.319 e. The number of ether oxygens (including phenoxy) is 1. The van der Waals surface area contributed by atoms with Crippen molar-refractivity contribution in [3.05, 3.63) is 58.1 Å². The molecule has 0 aromatic heterocycles. The molecule has 0 radical (unpaired) electrons. The number of nitrogens with one attached hydrogen (secondary N) is 2. The zero-order valence-corrected chi connectivity index (χ0v) is 19.5. The molecule has 2 aromatic carbocycles. The Kier molecular flexibility index (Phi) is 5.95. The summed E-state index contributed by atoms with van der Waals surface area (Å²) >= 11 is 6.24. The number of urea groups is 1. The van der Waals surface area contributed by atoms with Crippen molar-refractivity contribution in [1.29, 1.82) is 0 Å². The number of rotatable bonds is 4. The van der Waals surface area contributed by atoms with Crippen molar-refractivity contribution in [3.63, 3.8) is 0 Å². The van der Waals surface area contributed by atoms with Crippen LogP contribution in [0.1, 0.15) is 47.2 Å². The predicted octanol–water partition coefficient (Wildman–Crippen LogP) is 3.22. The van der Waals surface area contributed by atoms with E-state index in [4.69, 9.17) is 22.1 Å².